The van der Waals surface area contributed by atoms with Crippen molar-refractivity contribution in [3.05, 3.63) is 30.1 Å². The van der Waals surface area contributed by atoms with Crippen LogP contribution in [0.2, 0.25) is 0 Å². The molecule has 3 heteroatoms. The minimum absolute atomic E-state index is 0.193. The second kappa shape index (κ2) is 3.34. The highest BCUT2D eigenvalue weighted by Gasteiger charge is 2.24. The molecule has 1 aliphatic heterocycles. The van der Waals surface area contributed by atoms with Gasteiger partial charge in [0.05, 0.1) is 12.7 Å². The molecule has 1 atom stereocenters. The lowest BCUT2D eigenvalue weighted by atomic mass is 10.3. The largest absolute Gasteiger partial charge is 0.372 e. The molecule has 13 heavy (non-hydrogen) atoms. The maximum Gasteiger partial charge on any atom is 0.125 e. The first-order valence-electron chi connectivity index (χ1n) is 4.34. The summed E-state index contributed by atoms with van der Waals surface area (Å²) in [6.07, 6.45) is 0.341. The highest BCUT2D eigenvalue weighted by Crippen LogP contribution is 2.17. The Morgan fingerprint density at radius 3 is 3.00 bits per heavy atom. The van der Waals surface area contributed by atoms with Crippen LogP contribution in [0.15, 0.2) is 24.3 Å². The van der Waals surface area contributed by atoms with E-state index in [1.54, 1.807) is 6.07 Å². The first-order valence-corrected chi connectivity index (χ1v) is 4.34. The van der Waals surface area contributed by atoms with Gasteiger partial charge in [-0.15, -0.1) is 0 Å². The van der Waals surface area contributed by atoms with E-state index in [1.165, 1.54) is 12.1 Å². The zero-order valence-electron chi connectivity index (χ0n) is 7.53. The minimum Gasteiger partial charge on any atom is -0.372 e. The van der Waals surface area contributed by atoms with Gasteiger partial charge in [0.2, 0.25) is 0 Å². The second-order valence-electron chi connectivity index (χ2n) is 3.32. The Hall–Kier alpha value is -1.09. The van der Waals surface area contributed by atoms with Crippen LogP contribution >= 0.6 is 0 Å². The van der Waals surface area contributed by atoms with E-state index in [-0.39, 0.29) is 5.82 Å². The number of epoxide rings is 1. The van der Waals surface area contributed by atoms with Gasteiger partial charge in [0.1, 0.15) is 5.82 Å². The second-order valence-corrected chi connectivity index (χ2v) is 3.32. The number of anilines is 1. The third-order valence-corrected chi connectivity index (χ3v) is 2.13. The van der Waals surface area contributed by atoms with Crippen molar-refractivity contribution in [1.82, 2.24) is 0 Å². The Balaban J connectivity index is 2.04. The van der Waals surface area contributed by atoms with Crippen molar-refractivity contribution >= 4 is 5.69 Å². The van der Waals surface area contributed by atoms with Gasteiger partial charge in [-0.3, -0.25) is 0 Å². The zero-order chi connectivity index (χ0) is 9.26. The van der Waals surface area contributed by atoms with E-state index in [0.29, 0.717) is 6.10 Å². The zero-order valence-corrected chi connectivity index (χ0v) is 7.53. The fourth-order valence-corrected chi connectivity index (χ4v) is 1.30. The van der Waals surface area contributed by atoms with Crippen LogP contribution in [0.3, 0.4) is 0 Å². The molecule has 0 spiro atoms. The van der Waals surface area contributed by atoms with Gasteiger partial charge in [0.15, 0.2) is 0 Å². The lowest BCUT2D eigenvalue weighted by molar-refractivity contribution is 0.410. The van der Waals surface area contributed by atoms with Crippen LogP contribution < -0.4 is 4.90 Å². The summed E-state index contributed by atoms with van der Waals surface area (Å²) in [6, 6.07) is 6.59. The number of rotatable bonds is 3. The third-order valence-electron chi connectivity index (χ3n) is 2.13. The van der Waals surface area contributed by atoms with E-state index in [4.69, 9.17) is 4.74 Å². The first kappa shape index (κ1) is 8.51. The Morgan fingerprint density at radius 2 is 2.38 bits per heavy atom. The normalized spacial score (nSPS) is 20.0. The SMILES string of the molecule is CN(C[C@H]1CO1)c1cccc(F)c1. The van der Waals surface area contributed by atoms with Gasteiger partial charge >= 0.3 is 0 Å². The molecule has 1 fully saturated rings. The summed E-state index contributed by atoms with van der Waals surface area (Å²) in [5.74, 6) is -0.193. The van der Waals surface area contributed by atoms with Gasteiger partial charge in [-0.1, -0.05) is 6.07 Å². The number of nitrogens with zero attached hydrogens (tertiary/aromatic N) is 1. The monoisotopic (exact) mass is 181 g/mol. The van der Waals surface area contributed by atoms with Crippen molar-refractivity contribution < 1.29 is 9.13 Å². The highest BCUT2D eigenvalue weighted by atomic mass is 19.1. The van der Waals surface area contributed by atoms with Gasteiger partial charge < -0.3 is 9.64 Å². The summed E-state index contributed by atoms with van der Waals surface area (Å²) in [5, 5.41) is 0. The third kappa shape index (κ3) is 2.18. The Bertz CT molecular complexity index is 299. The molecule has 1 aromatic rings. The molecule has 1 aromatic carbocycles. The molecule has 0 bridgehead atoms. The first-order chi connectivity index (χ1) is 6.25. The quantitative estimate of drug-likeness (QED) is 0.659. The predicted octanol–water partition coefficient (Wildman–Crippen LogP) is 1.66. The van der Waals surface area contributed by atoms with E-state index in [0.717, 1.165) is 18.8 Å². The van der Waals surface area contributed by atoms with E-state index in [9.17, 15) is 4.39 Å². The molecule has 0 aliphatic carbocycles. The molecule has 0 saturated carbocycles. The molecule has 1 saturated heterocycles. The average molecular weight is 181 g/mol. The maximum absolute atomic E-state index is 12.8. The summed E-state index contributed by atoms with van der Waals surface area (Å²) < 4.78 is 17.9. The van der Waals surface area contributed by atoms with Crippen molar-refractivity contribution in [2.24, 2.45) is 0 Å². The summed E-state index contributed by atoms with van der Waals surface area (Å²) in [7, 11) is 1.94. The van der Waals surface area contributed by atoms with E-state index in [1.807, 2.05) is 18.0 Å². The van der Waals surface area contributed by atoms with Gasteiger partial charge in [0.25, 0.3) is 0 Å². The molecule has 0 radical (unpaired) electrons. The number of ether oxygens (including phenoxy) is 1. The van der Waals surface area contributed by atoms with Crippen LogP contribution in [-0.4, -0.2) is 26.3 Å². The summed E-state index contributed by atoms with van der Waals surface area (Å²) in [5.41, 5.74) is 0.899. The van der Waals surface area contributed by atoms with E-state index in [2.05, 4.69) is 0 Å². The smallest absolute Gasteiger partial charge is 0.125 e. The fraction of sp³-hybridized carbons (Fsp3) is 0.400. The lowest BCUT2D eigenvalue weighted by Gasteiger charge is -2.17. The lowest BCUT2D eigenvalue weighted by Crippen LogP contribution is -2.22. The Labute approximate surface area is 76.9 Å². The molecular formula is C10H12FNO. The van der Waals surface area contributed by atoms with Crippen LogP contribution in [-0.2, 0) is 4.74 Å². The van der Waals surface area contributed by atoms with Crippen LogP contribution in [0.25, 0.3) is 0 Å². The van der Waals surface area contributed by atoms with Crippen LogP contribution in [0.5, 0.6) is 0 Å². The van der Waals surface area contributed by atoms with Crippen molar-refractivity contribution in [1.29, 1.82) is 0 Å². The van der Waals surface area contributed by atoms with E-state index < -0.39 is 0 Å². The number of benzene rings is 1. The van der Waals surface area contributed by atoms with Crippen LogP contribution in [0.4, 0.5) is 10.1 Å². The maximum atomic E-state index is 12.8. The minimum atomic E-state index is -0.193. The number of halogens is 1. The van der Waals surface area contributed by atoms with Crippen molar-refractivity contribution in [3.63, 3.8) is 0 Å². The van der Waals surface area contributed by atoms with Gasteiger partial charge in [-0.25, -0.2) is 4.39 Å². The van der Waals surface area contributed by atoms with Gasteiger partial charge in [0, 0.05) is 19.3 Å². The number of hydrogen-bond donors (Lipinski definition) is 0. The summed E-state index contributed by atoms with van der Waals surface area (Å²) in [6.45, 7) is 1.67. The molecule has 0 aromatic heterocycles. The van der Waals surface area contributed by atoms with Crippen molar-refractivity contribution in [3.8, 4) is 0 Å². The van der Waals surface area contributed by atoms with Crippen molar-refractivity contribution in [2.75, 3.05) is 25.1 Å². The van der Waals surface area contributed by atoms with Gasteiger partial charge in [-0.2, -0.15) is 0 Å². The fourth-order valence-electron chi connectivity index (χ4n) is 1.30. The molecule has 0 unspecified atom stereocenters. The summed E-state index contributed by atoms with van der Waals surface area (Å²) in [4.78, 5) is 2.00. The van der Waals surface area contributed by atoms with Crippen molar-refractivity contribution in [2.45, 2.75) is 6.10 Å². The molecule has 0 N–H and O–H groups in total. The number of hydrogen-bond acceptors (Lipinski definition) is 2. The summed E-state index contributed by atoms with van der Waals surface area (Å²) >= 11 is 0. The average Bonchev–Trinajstić information content (AvgIpc) is 2.88. The topological polar surface area (TPSA) is 15.8 Å². The molecule has 0 amide bonds. The van der Waals surface area contributed by atoms with Crippen LogP contribution in [0.1, 0.15) is 0 Å². The molecule has 2 rings (SSSR count). The van der Waals surface area contributed by atoms with Crippen LogP contribution in [0, 0.1) is 5.82 Å². The molecule has 2 nitrogen and oxygen atoms in total. The van der Waals surface area contributed by atoms with Gasteiger partial charge in [-0.05, 0) is 18.2 Å². The highest BCUT2D eigenvalue weighted by molar-refractivity contribution is 5.45. The molecule has 70 valence electrons. The standard InChI is InChI=1S/C10H12FNO/c1-12(6-10-7-13-10)9-4-2-3-8(11)5-9/h2-5,10H,6-7H2,1H3/t10-/m0/s1. The molecule has 1 aliphatic rings. The Morgan fingerprint density at radius 1 is 1.62 bits per heavy atom. The molecule has 1 heterocycles. The van der Waals surface area contributed by atoms with E-state index >= 15 is 0 Å². The molecular weight excluding hydrogens is 169 g/mol. The predicted molar refractivity (Wildman–Crippen MR) is 49.4 cm³/mol. The Kier molecular flexibility index (Phi) is 2.19. The number of likely N-dealkylation sites (N-methyl/N-ethyl adjacent to an activating group) is 1.